The second-order valence-electron chi connectivity index (χ2n) is 7.36. The van der Waals surface area contributed by atoms with E-state index in [1.807, 2.05) is 36.1 Å². The van der Waals surface area contributed by atoms with Gasteiger partial charge in [-0.25, -0.2) is 0 Å². The SMILES string of the molecule is COc1ccccc1[C@@H]1C[C@H]1C(=O)N1CC[C@@H](Cc2cnn(C)c2)C1. The standard InChI is InChI=1S/C20H25N3O2/c1-22-12-15(11-21-22)9-14-7-8-23(13-14)20(24)18-10-17(18)16-5-3-4-6-19(16)25-2/h3-6,11-12,14,17-18H,7-10,13H2,1-2H3/t14-,17-,18+/m0/s1. The molecule has 0 N–H and O–H groups in total. The van der Waals surface area contributed by atoms with Gasteiger partial charge in [0, 0.05) is 32.3 Å². The van der Waals surface area contributed by atoms with E-state index in [9.17, 15) is 4.79 Å². The van der Waals surface area contributed by atoms with E-state index in [-0.39, 0.29) is 5.92 Å². The Balaban J connectivity index is 1.35. The molecule has 2 aliphatic rings. The largest absolute Gasteiger partial charge is 0.496 e. The lowest BCUT2D eigenvalue weighted by Crippen LogP contribution is -2.30. The Kier molecular flexibility index (Phi) is 4.24. The third-order valence-corrected chi connectivity index (χ3v) is 5.53. The van der Waals surface area contributed by atoms with E-state index in [2.05, 4.69) is 22.3 Å². The van der Waals surface area contributed by atoms with Crippen LogP contribution < -0.4 is 4.74 Å². The van der Waals surface area contributed by atoms with Crippen LogP contribution >= 0.6 is 0 Å². The summed E-state index contributed by atoms with van der Waals surface area (Å²) in [5.74, 6) is 2.23. The van der Waals surface area contributed by atoms with Crippen molar-refractivity contribution in [1.82, 2.24) is 14.7 Å². The minimum Gasteiger partial charge on any atom is -0.496 e. The summed E-state index contributed by atoms with van der Waals surface area (Å²) in [7, 11) is 3.64. The molecule has 0 spiro atoms. The third-order valence-electron chi connectivity index (χ3n) is 5.53. The molecule has 2 aromatic rings. The van der Waals surface area contributed by atoms with Gasteiger partial charge in [-0.3, -0.25) is 9.48 Å². The monoisotopic (exact) mass is 339 g/mol. The molecule has 3 atom stereocenters. The molecule has 5 heteroatoms. The number of aryl methyl sites for hydroxylation is 1. The zero-order valence-corrected chi connectivity index (χ0v) is 14.9. The van der Waals surface area contributed by atoms with Crippen LogP contribution in [0.2, 0.25) is 0 Å². The quantitative estimate of drug-likeness (QED) is 0.841. The van der Waals surface area contributed by atoms with Crippen molar-refractivity contribution < 1.29 is 9.53 Å². The van der Waals surface area contributed by atoms with Gasteiger partial charge in [0.25, 0.3) is 0 Å². The summed E-state index contributed by atoms with van der Waals surface area (Å²) < 4.78 is 7.30. The molecule has 4 rings (SSSR count). The minimum absolute atomic E-state index is 0.133. The summed E-state index contributed by atoms with van der Waals surface area (Å²) in [4.78, 5) is 14.9. The molecule has 132 valence electrons. The molecule has 2 fully saturated rings. The summed E-state index contributed by atoms with van der Waals surface area (Å²) in [6.07, 6.45) is 7.06. The lowest BCUT2D eigenvalue weighted by atomic mass is 10.0. The number of para-hydroxylation sites is 1. The lowest BCUT2D eigenvalue weighted by Gasteiger charge is -2.17. The van der Waals surface area contributed by atoms with Crippen LogP contribution in [-0.2, 0) is 18.3 Å². The summed E-state index contributed by atoms with van der Waals surface area (Å²) in [6, 6.07) is 8.07. The highest BCUT2D eigenvalue weighted by atomic mass is 16.5. The zero-order chi connectivity index (χ0) is 17.4. The van der Waals surface area contributed by atoms with Gasteiger partial charge in [0.1, 0.15) is 5.75 Å². The molecule has 0 radical (unpaired) electrons. The Hall–Kier alpha value is -2.30. The van der Waals surface area contributed by atoms with Crippen molar-refractivity contribution in [3.05, 3.63) is 47.8 Å². The third kappa shape index (κ3) is 3.28. The maximum absolute atomic E-state index is 12.9. The fourth-order valence-corrected chi connectivity index (χ4v) is 4.13. The van der Waals surface area contributed by atoms with Crippen molar-refractivity contribution in [1.29, 1.82) is 0 Å². The van der Waals surface area contributed by atoms with Crippen LogP contribution in [0.4, 0.5) is 0 Å². The van der Waals surface area contributed by atoms with Gasteiger partial charge in [-0.2, -0.15) is 5.10 Å². The number of carbonyl (C=O) groups excluding carboxylic acids is 1. The van der Waals surface area contributed by atoms with Gasteiger partial charge in [0.2, 0.25) is 5.91 Å². The van der Waals surface area contributed by atoms with Crippen LogP contribution in [0.3, 0.4) is 0 Å². The second-order valence-corrected chi connectivity index (χ2v) is 7.36. The van der Waals surface area contributed by atoms with E-state index in [4.69, 9.17) is 4.74 Å². The molecule has 25 heavy (non-hydrogen) atoms. The number of hydrogen-bond donors (Lipinski definition) is 0. The van der Waals surface area contributed by atoms with E-state index in [1.54, 1.807) is 7.11 Å². The van der Waals surface area contributed by atoms with Crippen LogP contribution in [0.1, 0.15) is 29.9 Å². The Bertz CT molecular complexity index is 770. The number of aromatic nitrogens is 2. The summed E-state index contributed by atoms with van der Waals surface area (Å²) >= 11 is 0. The van der Waals surface area contributed by atoms with E-state index in [0.29, 0.717) is 17.7 Å². The van der Waals surface area contributed by atoms with E-state index < -0.39 is 0 Å². The van der Waals surface area contributed by atoms with Gasteiger partial charge in [-0.15, -0.1) is 0 Å². The number of nitrogens with zero attached hydrogens (tertiary/aromatic N) is 3. The molecule has 5 nitrogen and oxygen atoms in total. The molecule has 1 aliphatic carbocycles. The number of rotatable bonds is 5. The number of benzene rings is 1. The van der Waals surface area contributed by atoms with Crippen molar-refractivity contribution >= 4 is 5.91 Å². The molecular formula is C20H25N3O2. The normalized spacial score (nSPS) is 25.2. The van der Waals surface area contributed by atoms with Crippen molar-refractivity contribution in [2.45, 2.75) is 25.2 Å². The molecule has 2 heterocycles. The van der Waals surface area contributed by atoms with Gasteiger partial charge in [-0.05, 0) is 48.3 Å². The predicted molar refractivity (Wildman–Crippen MR) is 95.4 cm³/mol. The Morgan fingerprint density at radius 2 is 2.20 bits per heavy atom. The number of ether oxygens (including phenoxy) is 1. The first-order chi connectivity index (χ1) is 12.2. The molecule has 1 amide bonds. The zero-order valence-electron chi connectivity index (χ0n) is 14.9. The van der Waals surface area contributed by atoms with Crippen LogP contribution in [0.5, 0.6) is 5.75 Å². The molecule has 1 aromatic heterocycles. The van der Waals surface area contributed by atoms with E-state index in [0.717, 1.165) is 38.1 Å². The lowest BCUT2D eigenvalue weighted by molar-refractivity contribution is -0.131. The fourth-order valence-electron chi connectivity index (χ4n) is 4.13. The molecule has 1 saturated heterocycles. The molecule has 1 aromatic carbocycles. The predicted octanol–water partition coefficient (Wildman–Crippen LogP) is 2.62. The summed E-state index contributed by atoms with van der Waals surface area (Å²) in [5.41, 5.74) is 2.44. The highest BCUT2D eigenvalue weighted by Crippen LogP contribution is 2.51. The van der Waals surface area contributed by atoms with E-state index in [1.165, 1.54) is 11.1 Å². The minimum atomic E-state index is 0.133. The van der Waals surface area contributed by atoms with Gasteiger partial charge >= 0.3 is 0 Å². The molecule has 1 saturated carbocycles. The highest BCUT2D eigenvalue weighted by Gasteiger charge is 2.47. The van der Waals surface area contributed by atoms with Gasteiger partial charge in [-0.1, -0.05) is 18.2 Å². The van der Waals surface area contributed by atoms with Gasteiger partial charge in [0.15, 0.2) is 0 Å². The maximum Gasteiger partial charge on any atom is 0.226 e. The van der Waals surface area contributed by atoms with Crippen molar-refractivity contribution in [3.8, 4) is 5.75 Å². The number of methoxy groups -OCH3 is 1. The first-order valence-electron chi connectivity index (χ1n) is 9.05. The van der Waals surface area contributed by atoms with Gasteiger partial charge < -0.3 is 9.64 Å². The van der Waals surface area contributed by atoms with Crippen molar-refractivity contribution in [2.75, 3.05) is 20.2 Å². The molecular weight excluding hydrogens is 314 g/mol. The number of amides is 1. The Morgan fingerprint density at radius 1 is 1.36 bits per heavy atom. The highest BCUT2D eigenvalue weighted by molar-refractivity contribution is 5.83. The van der Waals surface area contributed by atoms with E-state index >= 15 is 0 Å². The number of carbonyl (C=O) groups is 1. The molecule has 1 aliphatic heterocycles. The summed E-state index contributed by atoms with van der Waals surface area (Å²) in [5, 5.41) is 4.24. The Morgan fingerprint density at radius 3 is 2.96 bits per heavy atom. The fraction of sp³-hybridized carbons (Fsp3) is 0.500. The van der Waals surface area contributed by atoms with Crippen LogP contribution in [0.15, 0.2) is 36.7 Å². The van der Waals surface area contributed by atoms with Crippen molar-refractivity contribution in [3.63, 3.8) is 0 Å². The van der Waals surface area contributed by atoms with Crippen molar-refractivity contribution in [2.24, 2.45) is 18.9 Å². The van der Waals surface area contributed by atoms with Crippen LogP contribution in [-0.4, -0.2) is 40.8 Å². The number of likely N-dealkylation sites (tertiary alicyclic amines) is 1. The molecule has 0 unspecified atom stereocenters. The molecule has 0 bridgehead atoms. The maximum atomic E-state index is 12.9. The topological polar surface area (TPSA) is 47.4 Å². The van der Waals surface area contributed by atoms with Gasteiger partial charge in [0.05, 0.1) is 13.3 Å². The van der Waals surface area contributed by atoms with Crippen LogP contribution in [0.25, 0.3) is 0 Å². The Labute approximate surface area is 148 Å². The first-order valence-corrected chi connectivity index (χ1v) is 9.05. The van der Waals surface area contributed by atoms with Crippen LogP contribution in [0, 0.1) is 11.8 Å². The average Bonchev–Trinajstić information content (AvgIpc) is 3.11. The second kappa shape index (κ2) is 6.54. The smallest absolute Gasteiger partial charge is 0.226 e. The number of hydrogen-bond acceptors (Lipinski definition) is 3. The first kappa shape index (κ1) is 16.2. The summed E-state index contributed by atoms with van der Waals surface area (Å²) in [6.45, 7) is 1.77. The average molecular weight is 339 g/mol.